The molecule has 3 nitrogen and oxygen atoms in total. The maximum atomic E-state index is 13.2. The van der Waals surface area contributed by atoms with Gasteiger partial charge in [-0.2, -0.15) is 0 Å². The number of anilines is 1. The highest BCUT2D eigenvalue weighted by atomic mass is 19.1. The SMILES string of the molecule is COc1ccc(F)cc1CC(=O)Nc1ccc(F)cc1. The van der Waals surface area contributed by atoms with Crippen molar-refractivity contribution in [2.75, 3.05) is 12.4 Å². The molecule has 1 N–H and O–H groups in total. The molecule has 0 aliphatic rings. The summed E-state index contributed by atoms with van der Waals surface area (Å²) in [6.45, 7) is 0. The Bertz CT molecular complexity index is 612. The Kier molecular flexibility index (Phi) is 4.30. The summed E-state index contributed by atoms with van der Waals surface area (Å²) in [6, 6.07) is 9.39. The van der Waals surface area contributed by atoms with E-state index >= 15 is 0 Å². The number of benzene rings is 2. The summed E-state index contributed by atoms with van der Waals surface area (Å²) < 4.78 is 31.0. The first-order chi connectivity index (χ1) is 9.58. The predicted molar refractivity (Wildman–Crippen MR) is 71.7 cm³/mol. The standard InChI is InChI=1S/C15H13F2NO2/c1-20-14-7-4-12(17)8-10(14)9-15(19)18-13-5-2-11(16)3-6-13/h2-8H,9H2,1H3,(H,18,19). The van der Waals surface area contributed by atoms with Gasteiger partial charge in [0.2, 0.25) is 5.91 Å². The molecule has 2 aromatic carbocycles. The fourth-order valence-electron chi connectivity index (χ4n) is 1.80. The molecule has 0 atom stereocenters. The summed E-state index contributed by atoms with van der Waals surface area (Å²) in [5, 5.41) is 2.60. The lowest BCUT2D eigenvalue weighted by Gasteiger charge is -2.09. The monoisotopic (exact) mass is 277 g/mol. The molecule has 1 amide bonds. The average molecular weight is 277 g/mol. The van der Waals surface area contributed by atoms with Gasteiger partial charge in [-0.3, -0.25) is 4.79 Å². The molecule has 0 unspecified atom stereocenters. The number of methoxy groups -OCH3 is 1. The van der Waals surface area contributed by atoms with Gasteiger partial charge in [0, 0.05) is 11.3 Å². The summed E-state index contributed by atoms with van der Waals surface area (Å²) in [7, 11) is 1.45. The number of hydrogen-bond donors (Lipinski definition) is 1. The van der Waals surface area contributed by atoms with Crippen molar-refractivity contribution in [2.45, 2.75) is 6.42 Å². The van der Waals surface area contributed by atoms with Gasteiger partial charge < -0.3 is 10.1 Å². The van der Waals surface area contributed by atoms with E-state index in [1.54, 1.807) is 0 Å². The summed E-state index contributed by atoms with van der Waals surface area (Å²) in [4.78, 5) is 11.9. The van der Waals surface area contributed by atoms with Gasteiger partial charge in [-0.05, 0) is 42.5 Å². The molecule has 0 saturated carbocycles. The Balaban J connectivity index is 2.08. The van der Waals surface area contributed by atoms with Gasteiger partial charge in [0.25, 0.3) is 0 Å². The summed E-state index contributed by atoms with van der Waals surface area (Å²) >= 11 is 0. The zero-order valence-corrected chi connectivity index (χ0v) is 10.8. The van der Waals surface area contributed by atoms with Gasteiger partial charge in [-0.25, -0.2) is 8.78 Å². The summed E-state index contributed by atoms with van der Waals surface area (Å²) in [5.74, 6) is -0.702. The fourth-order valence-corrected chi connectivity index (χ4v) is 1.80. The van der Waals surface area contributed by atoms with E-state index in [2.05, 4.69) is 5.32 Å². The van der Waals surface area contributed by atoms with E-state index in [4.69, 9.17) is 4.74 Å². The lowest BCUT2D eigenvalue weighted by molar-refractivity contribution is -0.115. The summed E-state index contributed by atoms with van der Waals surface area (Å²) in [6.07, 6.45) is -0.0295. The second-order valence-electron chi connectivity index (χ2n) is 4.19. The maximum absolute atomic E-state index is 13.2. The summed E-state index contributed by atoms with van der Waals surface area (Å²) in [5.41, 5.74) is 0.930. The maximum Gasteiger partial charge on any atom is 0.228 e. The van der Waals surface area contributed by atoms with Crippen LogP contribution in [0.2, 0.25) is 0 Å². The molecule has 0 saturated heterocycles. The second kappa shape index (κ2) is 6.14. The van der Waals surface area contributed by atoms with Crippen LogP contribution in [-0.2, 0) is 11.2 Å². The van der Waals surface area contributed by atoms with Crippen LogP contribution in [0.1, 0.15) is 5.56 Å². The average Bonchev–Trinajstić information content (AvgIpc) is 2.41. The molecule has 20 heavy (non-hydrogen) atoms. The third-order valence-electron chi connectivity index (χ3n) is 2.72. The fraction of sp³-hybridized carbons (Fsp3) is 0.133. The van der Waals surface area contributed by atoms with Crippen LogP contribution in [-0.4, -0.2) is 13.0 Å². The van der Waals surface area contributed by atoms with E-state index in [-0.39, 0.29) is 18.1 Å². The van der Waals surface area contributed by atoms with Gasteiger partial charge in [0.15, 0.2) is 0 Å². The highest BCUT2D eigenvalue weighted by Gasteiger charge is 2.10. The van der Waals surface area contributed by atoms with Crippen molar-refractivity contribution in [1.29, 1.82) is 0 Å². The van der Waals surface area contributed by atoms with Crippen molar-refractivity contribution in [3.05, 3.63) is 59.7 Å². The van der Waals surface area contributed by atoms with Crippen LogP contribution < -0.4 is 10.1 Å². The highest BCUT2D eigenvalue weighted by molar-refractivity contribution is 5.92. The van der Waals surface area contributed by atoms with Crippen LogP contribution >= 0.6 is 0 Å². The van der Waals surface area contributed by atoms with Crippen LogP contribution in [0.15, 0.2) is 42.5 Å². The van der Waals surface area contributed by atoms with E-state index < -0.39 is 5.82 Å². The first-order valence-corrected chi connectivity index (χ1v) is 5.96. The minimum absolute atomic E-state index is 0.0295. The van der Waals surface area contributed by atoms with Crippen LogP contribution in [0.4, 0.5) is 14.5 Å². The zero-order chi connectivity index (χ0) is 14.5. The van der Waals surface area contributed by atoms with Gasteiger partial charge in [0.05, 0.1) is 13.5 Å². The number of carbonyl (C=O) groups is 1. The minimum atomic E-state index is -0.435. The molecular weight excluding hydrogens is 264 g/mol. The van der Waals surface area contributed by atoms with Crippen LogP contribution in [0.5, 0.6) is 5.75 Å². The molecule has 0 fully saturated rings. The van der Waals surface area contributed by atoms with Crippen molar-refractivity contribution in [3.8, 4) is 5.75 Å². The molecule has 0 aliphatic carbocycles. The lowest BCUT2D eigenvalue weighted by Crippen LogP contribution is -2.15. The van der Waals surface area contributed by atoms with E-state index in [9.17, 15) is 13.6 Å². The third kappa shape index (κ3) is 3.54. The molecule has 0 bridgehead atoms. The molecule has 0 aliphatic heterocycles. The number of ether oxygens (including phenoxy) is 1. The predicted octanol–water partition coefficient (Wildman–Crippen LogP) is 3.15. The largest absolute Gasteiger partial charge is 0.496 e. The molecule has 0 radical (unpaired) electrons. The quantitative estimate of drug-likeness (QED) is 0.932. The molecule has 2 rings (SSSR count). The third-order valence-corrected chi connectivity index (χ3v) is 2.72. The second-order valence-corrected chi connectivity index (χ2v) is 4.19. The number of hydrogen-bond acceptors (Lipinski definition) is 2. The number of halogens is 2. The van der Waals surface area contributed by atoms with Crippen molar-refractivity contribution < 1.29 is 18.3 Å². The normalized spacial score (nSPS) is 10.2. The van der Waals surface area contributed by atoms with E-state index in [1.807, 2.05) is 0 Å². The number of carbonyl (C=O) groups excluding carboxylic acids is 1. The Morgan fingerprint density at radius 1 is 1.10 bits per heavy atom. The Morgan fingerprint density at radius 3 is 2.40 bits per heavy atom. The molecular formula is C15H13F2NO2. The number of nitrogens with one attached hydrogen (secondary N) is 1. The minimum Gasteiger partial charge on any atom is -0.496 e. The molecule has 5 heteroatoms. The topological polar surface area (TPSA) is 38.3 Å². The van der Waals surface area contributed by atoms with Crippen LogP contribution in [0, 0.1) is 11.6 Å². The van der Waals surface area contributed by atoms with Crippen molar-refractivity contribution >= 4 is 11.6 Å². The van der Waals surface area contributed by atoms with Crippen LogP contribution in [0.25, 0.3) is 0 Å². The van der Waals surface area contributed by atoms with Crippen molar-refractivity contribution in [3.63, 3.8) is 0 Å². The first kappa shape index (κ1) is 14.0. The smallest absolute Gasteiger partial charge is 0.228 e. The van der Waals surface area contributed by atoms with Crippen molar-refractivity contribution in [1.82, 2.24) is 0 Å². The highest BCUT2D eigenvalue weighted by Crippen LogP contribution is 2.20. The Hall–Kier alpha value is -2.43. The Labute approximate surface area is 115 Å². The Morgan fingerprint density at radius 2 is 1.75 bits per heavy atom. The molecule has 0 heterocycles. The molecule has 0 aromatic heterocycles. The molecule has 0 spiro atoms. The van der Waals surface area contributed by atoms with Gasteiger partial charge in [0.1, 0.15) is 17.4 Å². The number of rotatable bonds is 4. The van der Waals surface area contributed by atoms with E-state index in [0.717, 1.165) is 0 Å². The zero-order valence-electron chi connectivity index (χ0n) is 10.8. The van der Waals surface area contributed by atoms with Crippen LogP contribution in [0.3, 0.4) is 0 Å². The molecule has 104 valence electrons. The van der Waals surface area contributed by atoms with Gasteiger partial charge in [-0.1, -0.05) is 0 Å². The van der Waals surface area contributed by atoms with Crippen molar-refractivity contribution in [2.24, 2.45) is 0 Å². The van der Waals surface area contributed by atoms with E-state index in [0.29, 0.717) is 17.0 Å². The van der Waals surface area contributed by atoms with E-state index in [1.165, 1.54) is 49.6 Å². The van der Waals surface area contributed by atoms with Gasteiger partial charge in [-0.15, -0.1) is 0 Å². The van der Waals surface area contributed by atoms with Gasteiger partial charge >= 0.3 is 0 Å². The first-order valence-electron chi connectivity index (χ1n) is 5.96. The number of amides is 1. The lowest BCUT2D eigenvalue weighted by atomic mass is 10.1. The molecule has 2 aromatic rings.